The highest BCUT2D eigenvalue weighted by atomic mass is 16.4. The number of nitrogens with zero attached hydrogens (tertiary/aromatic N) is 3. The lowest BCUT2D eigenvalue weighted by atomic mass is 10.2. The van der Waals surface area contributed by atoms with Crippen LogP contribution in [0.15, 0.2) is 48.7 Å². The van der Waals surface area contributed by atoms with Crippen molar-refractivity contribution in [3.8, 4) is 6.07 Å². The van der Waals surface area contributed by atoms with Crippen molar-refractivity contribution < 1.29 is 9.90 Å². The number of hydrogen-bond donors (Lipinski definition) is 1. The maximum Gasteiger partial charge on any atom is 0.328 e. The molecule has 21 heavy (non-hydrogen) atoms. The fourth-order valence-corrected chi connectivity index (χ4v) is 1.78. The van der Waals surface area contributed by atoms with E-state index in [1.807, 2.05) is 24.1 Å². The average molecular weight is 279 g/mol. The van der Waals surface area contributed by atoms with Gasteiger partial charge >= 0.3 is 5.97 Å². The van der Waals surface area contributed by atoms with Crippen molar-refractivity contribution in [2.75, 3.05) is 11.9 Å². The van der Waals surface area contributed by atoms with Crippen molar-refractivity contribution in [3.63, 3.8) is 0 Å². The van der Waals surface area contributed by atoms with Crippen molar-refractivity contribution >= 4 is 23.6 Å². The summed E-state index contributed by atoms with van der Waals surface area (Å²) in [5.41, 5.74) is 2.15. The molecular formula is C16H13N3O2. The van der Waals surface area contributed by atoms with E-state index in [2.05, 4.69) is 11.1 Å². The summed E-state index contributed by atoms with van der Waals surface area (Å²) in [5.74, 6) is -0.290. The molecule has 0 aliphatic rings. The number of carbonyl (C=O) groups is 1. The van der Waals surface area contributed by atoms with Crippen LogP contribution < -0.4 is 4.90 Å². The molecule has 2 aromatic rings. The van der Waals surface area contributed by atoms with Crippen molar-refractivity contribution in [2.24, 2.45) is 0 Å². The first kappa shape index (κ1) is 14.3. The average Bonchev–Trinajstić information content (AvgIpc) is 2.52. The predicted octanol–water partition coefficient (Wildman–Crippen LogP) is 2.82. The van der Waals surface area contributed by atoms with E-state index in [1.165, 1.54) is 6.08 Å². The molecule has 0 aliphatic heterocycles. The molecule has 0 spiro atoms. The van der Waals surface area contributed by atoms with Gasteiger partial charge in [-0.2, -0.15) is 5.26 Å². The lowest BCUT2D eigenvalue weighted by Gasteiger charge is -2.18. The van der Waals surface area contributed by atoms with E-state index in [-0.39, 0.29) is 0 Å². The number of anilines is 2. The molecule has 0 fully saturated rings. The Kier molecular flexibility index (Phi) is 4.32. The van der Waals surface area contributed by atoms with Crippen LogP contribution in [-0.2, 0) is 4.79 Å². The molecule has 0 atom stereocenters. The van der Waals surface area contributed by atoms with E-state index in [1.54, 1.807) is 30.5 Å². The number of hydrogen-bond acceptors (Lipinski definition) is 4. The second kappa shape index (κ2) is 6.35. The number of aromatic nitrogens is 1. The molecular weight excluding hydrogens is 266 g/mol. The highest BCUT2D eigenvalue weighted by Gasteiger charge is 2.05. The molecule has 2 rings (SSSR count). The van der Waals surface area contributed by atoms with Gasteiger partial charge in [0.2, 0.25) is 0 Å². The summed E-state index contributed by atoms with van der Waals surface area (Å²) in [6, 6.07) is 12.9. The third kappa shape index (κ3) is 3.67. The Balaban J connectivity index is 2.21. The molecule has 1 N–H and O–H groups in total. The zero-order valence-corrected chi connectivity index (χ0v) is 11.4. The van der Waals surface area contributed by atoms with Crippen LogP contribution in [0, 0.1) is 11.3 Å². The third-order valence-corrected chi connectivity index (χ3v) is 2.90. The minimum Gasteiger partial charge on any atom is -0.478 e. The van der Waals surface area contributed by atoms with E-state index >= 15 is 0 Å². The molecule has 5 nitrogen and oxygen atoms in total. The van der Waals surface area contributed by atoms with Crippen LogP contribution in [0.1, 0.15) is 11.1 Å². The van der Waals surface area contributed by atoms with E-state index in [0.717, 1.165) is 11.8 Å². The van der Waals surface area contributed by atoms with E-state index in [4.69, 9.17) is 10.4 Å². The van der Waals surface area contributed by atoms with Crippen LogP contribution in [0.3, 0.4) is 0 Å². The molecule has 0 amide bonds. The lowest BCUT2D eigenvalue weighted by molar-refractivity contribution is -0.131. The highest BCUT2D eigenvalue weighted by Crippen LogP contribution is 2.22. The van der Waals surface area contributed by atoms with Crippen LogP contribution in [0.25, 0.3) is 6.08 Å². The molecule has 1 aromatic carbocycles. The van der Waals surface area contributed by atoms with Gasteiger partial charge in [-0.1, -0.05) is 6.07 Å². The second-order valence-corrected chi connectivity index (χ2v) is 4.34. The van der Waals surface area contributed by atoms with E-state index < -0.39 is 5.97 Å². The van der Waals surface area contributed by atoms with Crippen LogP contribution >= 0.6 is 0 Å². The van der Waals surface area contributed by atoms with Gasteiger partial charge in [0.25, 0.3) is 0 Å². The SMILES string of the molecule is CN(c1cccc(C#N)c1)c1ccc(/C=C/C(=O)O)cn1. The zero-order chi connectivity index (χ0) is 15.2. The van der Waals surface area contributed by atoms with Gasteiger partial charge in [-0.25, -0.2) is 9.78 Å². The highest BCUT2D eigenvalue weighted by molar-refractivity contribution is 5.85. The number of nitriles is 1. The second-order valence-electron chi connectivity index (χ2n) is 4.34. The maximum absolute atomic E-state index is 10.5. The Hall–Kier alpha value is -3.13. The maximum atomic E-state index is 10.5. The van der Waals surface area contributed by atoms with Gasteiger partial charge in [-0.15, -0.1) is 0 Å². The van der Waals surface area contributed by atoms with E-state index in [0.29, 0.717) is 16.9 Å². The number of rotatable bonds is 4. The smallest absolute Gasteiger partial charge is 0.328 e. The molecule has 0 aliphatic carbocycles. The Morgan fingerprint density at radius 1 is 1.38 bits per heavy atom. The summed E-state index contributed by atoms with van der Waals surface area (Å²) >= 11 is 0. The summed E-state index contributed by atoms with van der Waals surface area (Å²) in [6.07, 6.45) is 4.14. The summed E-state index contributed by atoms with van der Waals surface area (Å²) < 4.78 is 0. The zero-order valence-electron chi connectivity index (χ0n) is 11.4. The number of pyridine rings is 1. The Morgan fingerprint density at radius 3 is 2.81 bits per heavy atom. The quantitative estimate of drug-likeness (QED) is 0.871. The van der Waals surface area contributed by atoms with Crippen LogP contribution in [0.2, 0.25) is 0 Å². The molecule has 104 valence electrons. The van der Waals surface area contributed by atoms with E-state index in [9.17, 15) is 4.79 Å². The Morgan fingerprint density at radius 2 is 2.19 bits per heavy atom. The number of carboxylic acid groups (broad SMARTS) is 1. The first-order valence-corrected chi connectivity index (χ1v) is 6.21. The monoisotopic (exact) mass is 279 g/mol. The lowest BCUT2D eigenvalue weighted by Crippen LogP contribution is -2.11. The molecule has 0 unspecified atom stereocenters. The topological polar surface area (TPSA) is 77.2 Å². The Labute approximate surface area is 122 Å². The van der Waals surface area contributed by atoms with Crippen molar-refractivity contribution in [2.45, 2.75) is 0 Å². The predicted molar refractivity (Wildman–Crippen MR) is 80.1 cm³/mol. The molecule has 0 saturated carbocycles. The summed E-state index contributed by atoms with van der Waals surface area (Å²) in [4.78, 5) is 16.6. The van der Waals surface area contributed by atoms with Gasteiger partial charge in [-0.3, -0.25) is 0 Å². The van der Waals surface area contributed by atoms with Crippen molar-refractivity contribution in [3.05, 3.63) is 59.8 Å². The number of carboxylic acids is 1. The van der Waals surface area contributed by atoms with Gasteiger partial charge in [0.05, 0.1) is 11.6 Å². The van der Waals surface area contributed by atoms with Gasteiger partial charge in [-0.05, 0) is 42.0 Å². The van der Waals surface area contributed by atoms with Gasteiger partial charge < -0.3 is 10.0 Å². The summed E-state index contributed by atoms with van der Waals surface area (Å²) in [7, 11) is 1.85. The van der Waals surface area contributed by atoms with Gasteiger partial charge in [0.15, 0.2) is 0 Å². The summed E-state index contributed by atoms with van der Waals surface area (Å²) in [6.45, 7) is 0. The van der Waals surface area contributed by atoms with Crippen molar-refractivity contribution in [1.82, 2.24) is 4.98 Å². The van der Waals surface area contributed by atoms with Gasteiger partial charge in [0, 0.05) is 25.0 Å². The number of benzene rings is 1. The van der Waals surface area contributed by atoms with Crippen molar-refractivity contribution in [1.29, 1.82) is 5.26 Å². The Bertz CT molecular complexity index is 715. The molecule has 1 aromatic heterocycles. The molecule has 1 heterocycles. The minimum absolute atomic E-state index is 0.584. The largest absolute Gasteiger partial charge is 0.478 e. The first-order chi connectivity index (χ1) is 10.1. The fourth-order valence-electron chi connectivity index (χ4n) is 1.78. The third-order valence-electron chi connectivity index (χ3n) is 2.90. The molecule has 0 saturated heterocycles. The molecule has 0 radical (unpaired) electrons. The number of aliphatic carboxylic acids is 1. The fraction of sp³-hybridized carbons (Fsp3) is 0.0625. The van der Waals surface area contributed by atoms with Crippen LogP contribution in [-0.4, -0.2) is 23.1 Å². The minimum atomic E-state index is -0.996. The molecule has 0 bridgehead atoms. The van der Waals surface area contributed by atoms with Crippen LogP contribution in [0.5, 0.6) is 0 Å². The van der Waals surface area contributed by atoms with Crippen LogP contribution in [0.4, 0.5) is 11.5 Å². The molecule has 5 heteroatoms. The summed E-state index contributed by atoms with van der Waals surface area (Å²) in [5, 5.41) is 17.5. The standard InChI is InChI=1S/C16H13N3O2/c1-19(14-4-2-3-13(9-14)10-17)15-7-5-12(11-18-15)6-8-16(20)21/h2-9,11H,1H3,(H,20,21)/b8-6+. The van der Waals surface area contributed by atoms with Gasteiger partial charge in [0.1, 0.15) is 5.82 Å². The first-order valence-electron chi connectivity index (χ1n) is 6.21. The normalized spacial score (nSPS) is 10.3.